The van der Waals surface area contributed by atoms with Crippen LogP contribution in [0.5, 0.6) is 0 Å². The van der Waals surface area contributed by atoms with Crippen molar-refractivity contribution >= 4 is 39.6 Å². The molecule has 8 nitrogen and oxygen atoms in total. The van der Waals surface area contributed by atoms with E-state index in [1.54, 1.807) is 23.9 Å². The molecule has 0 radical (unpaired) electrons. The van der Waals surface area contributed by atoms with Gasteiger partial charge in [0.25, 0.3) is 5.91 Å². The van der Waals surface area contributed by atoms with E-state index in [9.17, 15) is 9.59 Å². The lowest BCUT2D eigenvalue weighted by atomic mass is 10.0. The fraction of sp³-hybridized carbons (Fsp3) is 0.500. The third-order valence-electron chi connectivity index (χ3n) is 4.75. The van der Waals surface area contributed by atoms with Crippen LogP contribution in [0.4, 0.5) is 4.79 Å². The van der Waals surface area contributed by atoms with Gasteiger partial charge in [0.05, 0.1) is 17.0 Å². The maximum absolute atomic E-state index is 13.1. The Morgan fingerprint density at radius 3 is 2.70 bits per heavy atom. The lowest BCUT2D eigenvalue weighted by Gasteiger charge is -2.35. The van der Waals surface area contributed by atoms with Crippen LogP contribution in [0.1, 0.15) is 58.4 Å². The van der Waals surface area contributed by atoms with Crippen molar-refractivity contribution in [1.29, 1.82) is 0 Å². The van der Waals surface area contributed by atoms with Gasteiger partial charge in [-0.15, -0.1) is 11.3 Å². The highest BCUT2D eigenvalue weighted by Crippen LogP contribution is 2.39. The van der Waals surface area contributed by atoms with E-state index >= 15 is 0 Å². The van der Waals surface area contributed by atoms with E-state index in [4.69, 9.17) is 9.72 Å². The van der Waals surface area contributed by atoms with E-state index in [2.05, 4.69) is 5.10 Å². The summed E-state index contributed by atoms with van der Waals surface area (Å²) in [7, 11) is 3.45. The first-order valence-electron chi connectivity index (χ1n) is 9.70. The number of hydrogen-bond acceptors (Lipinski definition) is 7. The highest BCUT2D eigenvalue weighted by Gasteiger charge is 2.39. The van der Waals surface area contributed by atoms with Crippen molar-refractivity contribution in [3.8, 4) is 0 Å². The molecule has 1 aliphatic rings. The smallest absolute Gasteiger partial charge is 0.411 e. The third kappa shape index (κ3) is 3.69. The molecule has 0 bridgehead atoms. The van der Waals surface area contributed by atoms with Crippen LogP contribution in [0.3, 0.4) is 0 Å². The Bertz CT molecular complexity index is 1120. The summed E-state index contributed by atoms with van der Waals surface area (Å²) < 4.78 is 7.54. The molecule has 10 heteroatoms. The minimum absolute atomic E-state index is 0.0692. The molecular formula is C20H25N5O3S2. The molecule has 3 aromatic heterocycles. The number of ether oxygens (including phenoxy) is 1. The molecular weight excluding hydrogens is 422 g/mol. The summed E-state index contributed by atoms with van der Waals surface area (Å²) in [5, 5.41) is 7.37. The van der Waals surface area contributed by atoms with Gasteiger partial charge >= 0.3 is 6.09 Å². The van der Waals surface area contributed by atoms with Gasteiger partial charge < -0.3 is 9.64 Å². The van der Waals surface area contributed by atoms with Crippen molar-refractivity contribution in [1.82, 2.24) is 24.4 Å². The topological polar surface area (TPSA) is 80.0 Å². The quantitative estimate of drug-likeness (QED) is 0.598. The van der Waals surface area contributed by atoms with Crippen molar-refractivity contribution in [3.63, 3.8) is 0 Å². The number of nitrogens with zero attached hydrogens (tertiary/aromatic N) is 5. The Morgan fingerprint density at radius 1 is 1.30 bits per heavy atom. The summed E-state index contributed by atoms with van der Waals surface area (Å²) in [5.41, 5.74) is 1.81. The number of aromatic nitrogens is 3. The molecule has 4 rings (SSSR count). The zero-order valence-corrected chi connectivity index (χ0v) is 19.6. The lowest BCUT2D eigenvalue weighted by molar-refractivity contribution is 0.0175. The molecule has 4 heterocycles. The van der Waals surface area contributed by atoms with Gasteiger partial charge in [0.2, 0.25) is 4.96 Å². The van der Waals surface area contributed by atoms with Crippen molar-refractivity contribution in [2.75, 3.05) is 20.6 Å². The zero-order chi connectivity index (χ0) is 21.8. The summed E-state index contributed by atoms with van der Waals surface area (Å²) in [6, 6.07) is 1.46. The van der Waals surface area contributed by atoms with Crippen molar-refractivity contribution in [3.05, 3.63) is 38.3 Å². The summed E-state index contributed by atoms with van der Waals surface area (Å²) in [6.07, 6.45) is 0.253. The van der Waals surface area contributed by atoms with Crippen LogP contribution in [0, 0.1) is 6.92 Å². The number of thiophene rings is 1. The Kier molecular flexibility index (Phi) is 5.09. The molecule has 0 N–H and O–H groups in total. The molecule has 0 fully saturated rings. The number of carbonyl (C=O) groups is 2. The Morgan fingerprint density at radius 2 is 2.03 bits per heavy atom. The van der Waals surface area contributed by atoms with E-state index < -0.39 is 11.6 Å². The molecule has 1 unspecified atom stereocenters. The van der Waals surface area contributed by atoms with E-state index in [0.717, 1.165) is 26.2 Å². The van der Waals surface area contributed by atoms with Gasteiger partial charge in [0.1, 0.15) is 16.7 Å². The first kappa shape index (κ1) is 20.8. The lowest BCUT2D eigenvalue weighted by Crippen LogP contribution is -2.43. The minimum Gasteiger partial charge on any atom is -0.444 e. The van der Waals surface area contributed by atoms with Crippen molar-refractivity contribution in [2.45, 2.75) is 45.8 Å². The standard InChI is InChI=1S/C20H25N5O3S2/c1-11-22-25-15-13(21-18(25)30-11)7-8-24(19(27)28-20(2,3)4)16(15)14-9-12(10-29-14)17(26)23(5)6/h9-10,16H,7-8H2,1-6H3. The summed E-state index contributed by atoms with van der Waals surface area (Å²) in [6.45, 7) is 8.00. The van der Waals surface area contributed by atoms with Gasteiger partial charge in [-0.05, 0) is 33.8 Å². The monoisotopic (exact) mass is 447 g/mol. The van der Waals surface area contributed by atoms with Gasteiger partial charge in [-0.3, -0.25) is 9.69 Å². The fourth-order valence-electron chi connectivity index (χ4n) is 3.53. The SMILES string of the molecule is Cc1nn2c3c(nc2s1)CCN(C(=O)OC(C)(C)C)C3c1cc(C(=O)N(C)C)cs1. The molecule has 0 spiro atoms. The second-order valence-corrected chi connectivity index (χ2v) is 10.6. The highest BCUT2D eigenvalue weighted by atomic mass is 32.1. The number of imidazole rings is 1. The number of amides is 2. The number of rotatable bonds is 2. The molecule has 0 aromatic carbocycles. The maximum atomic E-state index is 13.1. The largest absolute Gasteiger partial charge is 0.444 e. The third-order valence-corrected chi connectivity index (χ3v) is 6.55. The Balaban J connectivity index is 1.83. The predicted molar refractivity (Wildman–Crippen MR) is 116 cm³/mol. The highest BCUT2D eigenvalue weighted by molar-refractivity contribution is 7.16. The first-order chi connectivity index (χ1) is 14.0. The van der Waals surface area contributed by atoms with Crippen LogP contribution >= 0.6 is 22.7 Å². The van der Waals surface area contributed by atoms with E-state index in [1.165, 1.54) is 22.7 Å². The number of aryl methyl sites for hydroxylation is 1. The Hall–Kier alpha value is -2.46. The van der Waals surface area contributed by atoms with Crippen molar-refractivity contribution < 1.29 is 14.3 Å². The first-order valence-corrected chi connectivity index (χ1v) is 11.4. The average molecular weight is 448 g/mol. The van der Waals surface area contributed by atoms with Crippen LogP contribution in [0.2, 0.25) is 0 Å². The molecule has 1 atom stereocenters. The second-order valence-electron chi connectivity index (χ2n) is 8.52. The minimum atomic E-state index is -0.604. The summed E-state index contributed by atoms with van der Waals surface area (Å²) >= 11 is 2.99. The predicted octanol–water partition coefficient (Wildman–Crippen LogP) is 3.75. The summed E-state index contributed by atoms with van der Waals surface area (Å²) in [4.78, 5) is 35.3. The average Bonchev–Trinajstić information content (AvgIpc) is 3.32. The molecule has 160 valence electrons. The van der Waals surface area contributed by atoms with Gasteiger partial charge in [-0.1, -0.05) is 11.3 Å². The van der Waals surface area contributed by atoms with Crippen LogP contribution in [-0.2, 0) is 11.2 Å². The van der Waals surface area contributed by atoms with Crippen LogP contribution in [0.25, 0.3) is 4.96 Å². The molecule has 3 aromatic rings. The maximum Gasteiger partial charge on any atom is 0.411 e. The van der Waals surface area contributed by atoms with Crippen LogP contribution in [0.15, 0.2) is 11.4 Å². The molecule has 0 aliphatic carbocycles. The van der Waals surface area contributed by atoms with Crippen LogP contribution < -0.4 is 0 Å². The molecule has 30 heavy (non-hydrogen) atoms. The Labute approximate surface area is 183 Å². The normalized spacial score (nSPS) is 16.6. The number of fused-ring (bicyclic) bond motifs is 3. The van der Waals surface area contributed by atoms with Crippen molar-refractivity contribution in [2.24, 2.45) is 0 Å². The van der Waals surface area contributed by atoms with Crippen LogP contribution in [-0.4, -0.2) is 62.6 Å². The van der Waals surface area contributed by atoms with Gasteiger partial charge in [-0.25, -0.2) is 14.3 Å². The zero-order valence-electron chi connectivity index (χ0n) is 17.9. The molecule has 0 saturated heterocycles. The number of hydrogen-bond donors (Lipinski definition) is 0. The van der Waals surface area contributed by atoms with E-state index in [0.29, 0.717) is 18.5 Å². The fourth-order valence-corrected chi connectivity index (χ4v) is 5.30. The van der Waals surface area contributed by atoms with E-state index in [1.807, 2.05) is 43.7 Å². The molecule has 2 amide bonds. The van der Waals surface area contributed by atoms with Gasteiger partial charge in [-0.2, -0.15) is 5.10 Å². The summed E-state index contributed by atoms with van der Waals surface area (Å²) in [5.74, 6) is -0.0692. The molecule has 0 saturated carbocycles. The molecule has 1 aliphatic heterocycles. The number of carbonyl (C=O) groups excluding carboxylic acids is 2. The van der Waals surface area contributed by atoms with Gasteiger partial charge in [0, 0.05) is 37.3 Å². The van der Waals surface area contributed by atoms with Gasteiger partial charge in [0.15, 0.2) is 0 Å². The van der Waals surface area contributed by atoms with E-state index in [-0.39, 0.29) is 12.0 Å². The second kappa shape index (κ2) is 7.35.